The molecule has 0 unspecified atom stereocenters. The first-order valence-electron chi connectivity index (χ1n) is 5.05. The summed E-state index contributed by atoms with van der Waals surface area (Å²) in [5.74, 6) is -0.493. The van der Waals surface area contributed by atoms with Gasteiger partial charge in [0.1, 0.15) is 0 Å². The molecule has 0 aliphatic heterocycles. The van der Waals surface area contributed by atoms with Gasteiger partial charge in [0.2, 0.25) is 0 Å². The number of aromatic nitrogens is 1. The Kier molecular flexibility index (Phi) is 3.40. The van der Waals surface area contributed by atoms with Gasteiger partial charge in [0, 0.05) is 17.6 Å². The first-order chi connectivity index (χ1) is 8.20. The summed E-state index contributed by atoms with van der Waals surface area (Å²) in [5, 5.41) is 8.76. The molecule has 4 heteroatoms. The van der Waals surface area contributed by atoms with Gasteiger partial charge in [-0.1, -0.05) is 24.3 Å². The number of nitrogens with zero attached hydrogens (tertiary/aromatic N) is 1. The van der Waals surface area contributed by atoms with E-state index in [-0.39, 0.29) is 5.56 Å². The Bertz CT molecular complexity index is 520. The molecule has 0 spiro atoms. The molecule has 1 aromatic heterocycles. The lowest BCUT2D eigenvalue weighted by molar-refractivity contribution is 0.0696. The normalized spacial score (nSPS) is 10.2. The van der Waals surface area contributed by atoms with Crippen molar-refractivity contribution in [1.29, 1.82) is 0 Å². The summed E-state index contributed by atoms with van der Waals surface area (Å²) in [7, 11) is 0. The number of halogens is 1. The molecule has 0 amide bonds. The number of aromatic carboxylic acids is 1. The monoisotopic (exact) mass is 247 g/mol. The number of carboxylic acid groups (broad SMARTS) is 1. The lowest BCUT2D eigenvalue weighted by atomic mass is 10.1. The molecule has 0 bridgehead atoms. The zero-order valence-corrected chi connectivity index (χ0v) is 9.69. The van der Waals surface area contributed by atoms with E-state index in [0.717, 1.165) is 16.8 Å². The largest absolute Gasteiger partial charge is 0.478 e. The molecule has 17 heavy (non-hydrogen) atoms. The van der Waals surface area contributed by atoms with Gasteiger partial charge in [-0.3, -0.25) is 4.98 Å². The van der Waals surface area contributed by atoms with E-state index in [4.69, 9.17) is 16.7 Å². The summed E-state index contributed by atoms with van der Waals surface area (Å²) in [6, 6.07) is 10.9. The minimum Gasteiger partial charge on any atom is -0.478 e. The second kappa shape index (κ2) is 4.97. The maximum atomic E-state index is 10.7. The average Bonchev–Trinajstić information content (AvgIpc) is 2.39. The number of rotatable bonds is 3. The zero-order chi connectivity index (χ0) is 12.3. The Balaban J connectivity index is 2.29. The quantitative estimate of drug-likeness (QED) is 0.848. The van der Waals surface area contributed by atoms with Crippen LogP contribution in [0.15, 0.2) is 42.6 Å². The molecule has 0 aliphatic rings. The molecule has 0 radical (unpaired) electrons. The molecule has 2 rings (SSSR count). The molecule has 0 atom stereocenters. The van der Waals surface area contributed by atoms with Gasteiger partial charge in [0.25, 0.3) is 0 Å². The van der Waals surface area contributed by atoms with Crippen molar-refractivity contribution in [3.63, 3.8) is 0 Å². The van der Waals surface area contributed by atoms with Crippen LogP contribution < -0.4 is 0 Å². The predicted molar refractivity (Wildman–Crippen MR) is 66.2 cm³/mol. The van der Waals surface area contributed by atoms with Gasteiger partial charge in [0.15, 0.2) is 0 Å². The number of carbonyl (C=O) groups is 1. The first kappa shape index (κ1) is 11.6. The molecule has 1 aromatic carbocycles. The zero-order valence-electron chi connectivity index (χ0n) is 8.93. The lowest BCUT2D eigenvalue weighted by Crippen LogP contribution is -1.97. The van der Waals surface area contributed by atoms with Crippen molar-refractivity contribution in [2.24, 2.45) is 0 Å². The molecule has 0 aliphatic carbocycles. The van der Waals surface area contributed by atoms with Crippen LogP contribution in [0.2, 0.25) is 0 Å². The van der Waals surface area contributed by atoms with Crippen molar-refractivity contribution in [2.45, 2.75) is 5.88 Å². The summed E-state index contributed by atoms with van der Waals surface area (Å²) in [6.45, 7) is 0. The summed E-state index contributed by atoms with van der Waals surface area (Å²) in [5.41, 5.74) is 2.91. The average molecular weight is 248 g/mol. The number of alkyl halides is 1. The van der Waals surface area contributed by atoms with Crippen molar-refractivity contribution in [3.8, 4) is 11.3 Å². The van der Waals surface area contributed by atoms with Gasteiger partial charge in [-0.2, -0.15) is 0 Å². The van der Waals surface area contributed by atoms with Crippen LogP contribution >= 0.6 is 11.6 Å². The standard InChI is InChI=1S/C13H10ClNO2/c14-7-9-1-3-10(4-2-9)12-6-5-11(8-15-12)13(16)17/h1-6,8H,7H2,(H,16,17). The Morgan fingerprint density at radius 1 is 1.18 bits per heavy atom. The molecule has 1 N–H and O–H groups in total. The highest BCUT2D eigenvalue weighted by molar-refractivity contribution is 6.17. The van der Waals surface area contributed by atoms with Crippen LogP contribution in [0.3, 0.4) is 0 Å². The number of carboxylic acids is 1. The van der Waals surface area contributed by atoms with E-state index >= 15 is 0 Å². The number of hydrogen-bond acceptors (Lipinski definition) is 2. The number of pyridine rings is 1. The van der Waals surface area contributed by atoms with Crippen molar-refractivity contribution >= 4 is 17.6 Å². The van der Waals surface area contributed by atoms with E-state index in [0.29, 0.717) is 5.88 Å². The highest BCUT2D eigenvalue weighted by Crippen LogP contribution is 2.18. The third kappa shape index (κ3) is 2.63. The van der Waals surface area contributed by atoms with Crippen LogP contribution in [0.4, 0.5) is 0 Å². The first-order valence-corrected chi connectivity index (χ1v) is 5.59. The van der Waals surface area contributed by atoms with Crippen LogP contribution in [0, 0.1) is 0 Å². The minimum absolute atomic E-state index is 0.186. The van der Waals surface area contributed by atoms with Crippen LogP contribution in [0.1, 0.15) is 15.9 Å². The fraction of sp³-hybridized carbons (Fsp3) is 0.0769. The second-order valence-electron chi connectivity index (χ2n) is 3.57. The highest BCUT2D eigenvalue weighted by atomic mass is 35.5. The topological polar surface area (TPSA) is 50.2 Å². The van der Waals surface area contributed by atoms with E-state index in [2.05, 4.69) is 4.98 Å². The highest BCUT2D eigenvalue weighted by Gasteiger charge is 2.04. The molecule has 1 heterocycles. The van der Waals surface area contributed by atoms with Gasteiger partial charge in [-0.05, 0) is 17.7 Å². The lowest BCUT2D eigenvalue weighted by Gasteiger charge is -2.02. The maximum absolute atomic E-state index is 10.7. The number of benzene rings is 1. The van der Waals surface area contributed by atoms with Gasteiger partial charge >= 0.3 is 5.97 Å². The van der Waals surface area contributed by atoms with E-state index in [1.807, 2.05) is 24.3 Å². The van der Waals surface area contributed by atoms with Crippen LogP contribution in [0.5, 0.6) is 0 Å². The smallest absolute Gasteiger partial charge is 0.337 e. The fourth-order valence-corrected chi connectivity index (χ4v) is 1.63. The SMILES string of the molecule is O=C(O)c1ccc(-c2ccc(CCl)cc2)nc1. The Morgan fingerprint density at radius 3 is 2.35 bits per heavy atom. The molecular weight excluding hydrogens is 238 g/mol. The van der Waals surface area contributed by atoms with E-state index in [1.165, 1.54) is 6.20 Å². The van der Waals surface area contributed by atoms with Crippen molar-refractivity contribution in [2.75, 3.05) is 0 Å². The molecule has 0 fully saturated rings. The fourth-order valence-electron chi connectivity index (χ4n) is 1.46. The van der Waals surface area contributed by atoms with Crippen LogP contribution in [0.25, 0.3) is 11.3 Å². The molecular formula is C13H10ClNO2. The van der Waals surface area contributed by atoms with Crippen molar-refractivity contribution in [3.05, 3.63) is 53.7 Å². The van der Waals surface area contributed by atoms with E-state index in [9.17, 15) is 4.79 Å². The van der Waals surface area contributed by atoms with Gasteiger partial charge in [-0.25, -0.2) is 4.79 Å². The predicted octanol–water partition coefficient (Wildman–Crippen LogP) is 3.19. The Labute approximate surface area is 104 Å². The number of hydrogen-bond donors (Lipinski definition) is 1. The van der Waals surface area contributed by atoms with Gasteiger partial charge < -0.3 is 5.11 Å². The third-order valence-electron chi connectivity index (χ3n) is 2.41. The van der Waals surface area contributed by atoms with Crippen molar-refractivity contribution in [1.82, 2.24) is 4.98 Å². The minimum atomic E-state index is -0.971. The van der Waals surface area contributed by atoms with E-state index in [1.54, 1.807) is 12.1 Å². The summed E-state index contributed by atoms with van der Waals surface area (Å²) in [4.78, 5) is 14.8. The summed E-state index contributed by atoms with van der Waals surface area (Å²) in [6.07, 6.45) is 1.35. The van der Waals surface area contributed by atoms with E-state index < -0.39 is 5.97 Å². The summed E-state index contributed by atoms with van der Waals surface area (Å²) >= 11 is 5.70. The molecule has 86 valence electrons. The van der Waals surface area contributed by atoms with Crippen LogP contribution in [-0.2, 0) is 5.88 Å². The molecule has 3 nitrogen and oxygen atoms in total. The summed E-state index contributed by atoms with van der Waals surface area (Å²) < 4.78 is 0. The third-order valence-corrected chi connectivity index (χ3v) is 2.72. The van der Waals surface area contributed by atoms with Gasteiger partial charge in [0.05, 0.1) is 11.3 Å². The Morgan fingerprint density at radius 2 is 1.88 bits per heavy atom. The maximum Gasteiger partial charge on any atom is 0.337 e. The Hall–Kier alpha value is -1.87. The molecule has 2 aromatic rings. The van der Waals surface area contributed by atoms with Crippen molar-refractivity contribution < 1.29 is 9.90 Å². The van der Waals surface area contributed by atoms with Crippen LogP contribution in [-0.4, -0.2) is 16.1 Å². The molecule has 0 saturated carbocycles. The van der Waals surface area contributed by atoms with Gasteiger partial charge in [-0.15, -0.1) is 11.6 Å². The molecule has 0 saturated heterocycles. The second-order valence-corrected chi connectivity index (χ2v) is 3.84.